The second-order valence-corrected chi connectivity index (χ2v) is 18.0. The molecule has 0 aliphatic rings. The molecule has 0 spiro atoms. The number of rotatable bonds is 8. The second kappa shape index (κ2) is 17.9. The minimum atomic E-state index is 0.897. The highest BCUT2D eigenvalue weighted by Gasteiger charge is 2.18. The minimum absolute atomic E-state index is 0.897. The van der Waals surface area contributed by atoms with E-state index in [1.807, 2.05) is 38.1 Å². The van der Waals surface area contributed by atoms with Gasteiger partial charge < -0.3 is 18.3 Å². The van der Waals surface area contributed by atoms with Gasteiger partial charge in [-0.2, -0.15) is 0 Å². The van der Waals surface area contributed by atoms with Gasteiger partial charge in [0.15, 0.2) is 0 Å². The number of fused-ring (bicyclic) bond motifs is 9. The zero-order valence-corrected chi connectivity index (χ0v) is 40.0. The summed E-state index contributed by atoms with van der Waals surface area (Å²) in [4.78, 5) is 2.34. The predicted octanol–water partition coefficient (Wildman–Crippen LogP) is 19.7. The SMILES string of the molecule is CC.c1cc(-c2ccc(N(c3ccc(-c4cccc(-n5c6ccccc6c6ccccc65)c4)cc3)c3ccc(-c4cccc5c4oc4ccccc45)cc3)cc2)cc(-c2cccc3c2oc2ccccc23)c1. The fourth-order valence-corrected chi connectivity index (χ4v) is 10.7. The molecule has 14 aromatic rings. The van der Waals surface area contributed by atoms with Crippen LogP contribution in [0.25, 0.3) is 116 Å². The molecule has 11 aromatic carbocycles. The van der Waals surface area contributed by atoms with Crippen molar-refractivity contribution in [2.24, 2.45) is 0 Å². The van der Waals surface area contributed by atoms with Crippen LogP contribution in [0.3, 0.4) is 0 Å². The first kappa shape index (κ1) is 42.7. The molecule has 4 nitrogen and oxygen atoms in total. The van der Waals surface area contributed by atoms with Crippen LogP contribution >= 0.6 is 0 Å². The van der Waals surface area contributed by atoms with Crippen LogP contribution in [0.4, 0.5) is 17.1 Å². The summed E-state index contributed by atoms with van der Waals surface area (Å²) in [6.45, 7) is 4.00. The van der Waals surface area contributed by atoms with Crippen LogP contribution in [-0.2, 0) is 0 Å². The molecule has 3 heterocycles. The van der Waals surface area contributed by atoms with E-state index in [1.54, 1.807) is 0 Å². The van der Waals surface area contributed by atoms with E-state index >= 15 is 0 Å². The zero-order chi connectivity index (χ0) is 48.1. The third kappa shape index (κ3) is 7.23. The Morgan fingerprint density at radius 1 is 0.292 bits per heavy atom. The van der Waals surface area contributed by atoms with Gasteiger partial charge >= 0.3 is 0 Å². The summed E-state index contributed by atoms with van der Waals surface area (Å²) >= 11 is 0. The molecule has 0 fully saturated rings. The fourth-order valence-electron chi connectivity index (χ4n) is 10.7. The maximum atomic E-state index is 6.46. The molecule has 3 aromatic heterocycles. The first-order chi connectivity index (χ1) is 35.7. The van der Waals surface area contributed by atoms with Gasteiger partial charge in [0.25, 0.3) is 0 Å². The lowest BCUT2D eigenvalue weighted by molar-refractivity contribution is 0.669. The van der Waals surface area contributed by atoms with Crippen molar-refractivity contribution in [3.05, 3.63) is 255 Å². The Hall–Kier alpha value is -9.38. The highest BCUT2D eigenvalue weighted by molar-refractivity contribution is 6.11. The highest BCUT2D eigenvalue weighted by atomic mass is 16.3. The van der Waals surface area contributed by atoms with E-state index in [0.717, 1.165) is 111 Å². The van der Waals surface area contributed by atoms with Gasteiger partial charge in [-0.05, 0) is 112 Å². The summed E-state index contributed by atoms with van der Waals surface area (Å²) < 4.78 is 15.3. The number of benzene rings is 11. The van der Waals surface area contributed by atoms with Crippen LogP contribution in [0.5, 0.6) is 0 Å². The Bertz CT molecular complexity index is 4230. The molecule has 0 saturated carbocycles. The summed E-state index contributed by atoms with van der Waals surface area (Å²) in [6, 6.07) is 91.1. The number of aromatic nitrogens is 1. The van der Waals surface area contributed by atoms with Crippen molar-refractivity contribution in [3.63, 3.8) is 0 Å². The maximum absolute atomic E-state index is 6.46. The molecule has 4 heteroatoms. The van der Waals surface area contributed by atoms with Crippen molar-refractivity contribution in [1.82, 2.24) is 4.57 Å². The van der Waals surface area contributed by atoms with Crippen LogP contribution in [0.1, 0.15) is 13.8 Å². The molecular weight excluding hydrogens is 877 g/mol. The predicted molar refractivity (Wildman–Crippen MR) is 303 cm³/mol. The largest absolute Gasteiger partial charge is 0.455 e. The third-order valence-electron chi connectivity index (χ3n) is 14.0. The van der Waals surface area contributed by atoms with Gasteiger partial charge in [0.05, 0.1) is 11.0 Å². The first-order valence-electron chi connectivity index (χ1n) is 24.8. The molecule has 0 radical (unpaired) electrons. The van der Waals surface area contributed by atoms with E-state index in [9.17, 15) is 0 Å². The monoisotopic (exact) mass is 924 g/mol. The Kier molecular flexibility index (Phi) is 10.6. The third-order valence-corrected chi connectivity index (χ3v) is 14.0. The lowest BCUT2D eigenvalue weighted by Crippen LogP contribution is -2.09. The van der Waals surface area contributed by atoms with Crippen LogP contribution < -0.4 is 4.90 Å². The topological polar surface area (TPSA) is 34.5 Å². The summed E-state index contributed by atoms with van der Waals surface area (Å²) in [5, 5.41) is 7.02. The fraction of sp³-hybridized carbons (Fsp3) is 0.0294. The average molecular weight is 925 g/mol. The summed E-state index contributed by atoms with van der Waals surface area (Å²) in [5.41, 5.74) is 19.3. The van der Waals surface area contributed by atoms with Crippen molar-refractivity contribution in [2.75, 3.05) is 4.90 Å². The van der Waals surface area contributed by atoms with E-state index in [4.69, 9.17) is 8.83 Å². The molecule has 0 saturated heterocycles. The van der Waals surface area contributed by atoms with Gasteiger partial charge in [0.1, 0.15) is 22.3 Å². The highest BCUT2D eigenvalue weighted by Crippen LogP contribution is 2.42. The van der Waals surface area contributed by atoms with Crippen molar-refractivity contribution in [1.29, 1.82) is 0 Å². The van der Waals surface area contributed by atoms with E-state index in [-0.39, 0.29) is 0 Å². The number of hydrogen-bond donors (Lipinski definition) is 0. The van der Waals surface area contributed by atoms with Crippen LogP contribution in [0.2, 0.25) is 0 Å². The summed E-state index contributed by atoms with van der Waals surface area (Å²) in [6.07, 6.45) is 0. The number of furan rings is 2. The van der Waals surface area contributed by atoms with E-state index in [0.29, 0.717) is 0 Å². The average Bonchev–Trinajstić information content (AvgIpc) is 4.14. The van der Waals surface area contributed by atoms with Gasteiger partial charge in [-0.3, -0.25) is 0 Å². The molecule has 0 atom stereocenters. The molecule has 14 rings (SSSR count). The van der Waals surface area contributed by atoms with Gasteiger partial charge in [0, 0.05) is 66.2 Å². The lowest BCUT2D eigenvalue weighted by atomic mass is 9.97. The quantitative estimate of drug-likeness (QED) is 0.152. The summed E-state index contributed by atoms with van der Waals surface area (Å²) in [7, 11) is 0. The second-order valence-electron chi connectivity index (χ2n) is 18.0. The van der Waals surface area contributed by atoms with Gasteiger partial charge in [-0.25, -0.2) is 0 Å². The van der Waals surface area contributed by atoms with E-state index < -0.39 is 0 Å². The number of anilines is 3. The zero-order valence-electron chi connectivity index (χ0n) is 40.0. The molecule has 342 valence electrons. The molecule has 0 aliphatic heterocycles. The van der Waals surface area contributed by atoms with Crippen LogP contribution in [-0.4, -0.2) is 4.57 Å². The minimum Gasteiger partial charge on any atom is -0.455 e. The Labute approximate surface area is 417 Å². The van der Waals surface area contributed by atoms with Gasteiger partial charge in [-0.15, -0.1) is 0 Å². The Balaban J connectivity index is 0.00000249. The van der Waals surface area contributed by atoms with Crippen LogP contribution in [0.15, 0.2) is 264 Å². The van der Waals surface area contributed by atoms with Crippen molar-refractivity contribution >= 4 is 82.7 Å². The maximum Gasteiger partial charge on any atom is 0.143 e. The van der Waals surface area contributed by atoms with E-state index in [2.05, 4.69) is 240 Å². The molecule has 0 bridgehead atoms. The van der Waals surface area contributed by atoms with Crippen molar-refractivity contribution in [3.8, 4) is 50.2 Å². The molecule has 0 amide bonds. The van der Waals surface area contributed by atoms with Crippen molar-refractivity contribution in [2.45, 2.75) is 13.8 Å². The van der Waals surface area contributed by atoms with Gasteiger partial charge in [0.2, 0.25) is 0 Å². The number of hydrogen-bond acceptors (Lipinski definition) is 3. The number of para-hydroxylation sites is 6. The van der Waals surface area contributed by atoms with Crippen LogP contribution in [0, 0.1) is 0 Å². The Morgan fingerprint density at radius 2 is 0.681 bits per heavy atom. The lowest BCUT2D eigenvalue weighted by Gasteiger charge is -2.26. The molecule has 0 unspecified atom stereocenters. The Morgan fingerprint density at radius 3 is 1.21 bits per heavy atom. The first-order valence-corrected chi connectivity index (χ1v) is 24.8. The molecule has 0 aliphatic carbocycles. The normalized spacial score (nSPS) is 11.5. The van der Waals surface area contributed by atoms with Crippen molar-refractivity contribution < 1.29 is 8.83 Å². The standard InChI is InChI=1S/C66H42N2O2.C2H6/c1-5-25-61-55(17-1)56-18-2-6-26-62(56)68(61)52-16-10-14-47(42-52)44-31-37-50(38-32-44)67(51-39-33-45(34-40-51)53-21-11-23-59-57-19-3-7-27-63(57)69-65(53)59)49-35-29-43(30-36-49)46-13-9-15-48(41-46)54-22-12-24-60-58-20-4-8-28-64(58)70-66(54)60;1-2/h1-42H;1-2H3. The summed E-state index contributed by atoms with van der Waals surface area (Å²) in [5.74, 6) is 0. The molecular formula is C68H48N2O2. The van der Waals surface area contributed by atoms with E-state index in [1.165, 1.54) is 21.8 Å². The molecule has 0 N–H and O–H groups in total. The smallest absolute Gasteiger partial charge is 0.143 e. The number of nitrogens with zero attached hydrogens (tertiary/aromatic N) is 2. The molecule has 72 heavy (non-hydrogen) atoms. The van der Waals surface area contributed by atoms with Gasteiger partial charge in [-0.1, -0.05) is 190 Å².